The molecule has 1 unspecified atom stereocenters. The standard InChI is InChI=1S/C13H19FN2O2/c1-15-12(10-7-11(14)9-16-8-10)13(17-2)3-5-18-6-4-13/h7-9,12,15H,3-6H2,1-2H3. The summed E-state index contributed by atoms with van der Waals surface area (Å²) in [5.74, 6) is -0.328. The van der Waals surface area contributed by atoms with Gasteiger partial charge in [0, 0.05) is 39.4 Å². The zero-order chi connectivity index (χ0) is 13.0. The van der Waals surface area contributed by atoms with Crippen molar-refractivity contribution in [2.24, 2.45) is 0 Å². The number of aromatic nitrogens is 1. The monoisotopic (exact) mass is 254 g/mol. The van der Waals surface area contributed by atoms with E-state index in [1.165, 1.54) is 12.3 Å². The van der Waals surface area contributed by atoms with E-state index >= 15 is 0 Å². The van der Waals surface area contributed by atoms with Crippen LogP contribution in [-0.4, -0.2) is 38.0 Å². The van der Waals surface area contributed by atoms with E-state index in [1.54, 1.807) is 13.3 Å². The number of pyridine rings is 1. The van der Waals surface area contributed by atoms with Gasteiger partial charge in [-0.05, 0) is 18.7 Å². The van der Waals surface area contributed by atoms with Crippen molar-refractivity contribution in [3.8, 4) is 0 Å². The van der Waals surface area contributed by atoms with Crippen LogP contribution >= 0.6 is 0 Å². The Balaban J connectivity index is 2.31. The summed E-state index contributed by atoms with van der Waals surface area (Å²) >= 11 is 0. The van der Waals surface area contributed by atoms with Gasteiger partial charge in [-0.1, -0.05) is 0 Å². The van der Waals surface area contributed by atoms with E-state index in [0.717, 1.165) is 18.4 Å². The molecule has 1 aromatic rings. The van der Waals surface area contributed by atoms with Gasteiger partial charge in [0.05, 0.1) is 17.8 Å². The number of halogens is 1. The second-order valence-electron chi connectivity index (χ2n) is 4.54. The van der Waals surface area contributed by atoms with Crippen LogP contribution in [0.2, 0.25) is 0 Å². The van der Waals surface area contributed by atoms with E-state index in [9.17, 15) is 4.39 Å². The minimum atomic E-state index is -0.359. The van der Waals surface area contributed by atoms with E-state index < -0.39 is 0 Å². The number of methoxy groups -OCH3 is 1. The van der Waals surface area contributed by atoms with Crippen LogP contribution in [0.5, 0.6) is 0 Å². The Kier molecular flexibility index (Phi) is 4.27. The Morgan fingerprint density at radius 3 is 2.72 bits per heavy atom. The molecule has 18 heavy (non-hydrogen) atoms. The largest absolute Gasteiger partial charge is 0.381 e. The van der Waals surface area contributed by atoms with E-state index in [-0.39, 0.29) is 17.5 Å². The Hall–Kier alpha value is -1.04. The molecule has 1 saturated heterocycles. The number of hydrogen-bond acceptors (Lipinski definition) is 4. The summed E-state index contributed by atoms with van der Waals surface area (Å²) in [6.45, 7) is 1.32. The highest BCUT2D eigenvalue weighted by molar-refractivity contribution is 5.20. The molecule has 2 rings (SSSR count). The Morgan fingerprint density at radius 2 is 2.17 bits per heavy atom. The second kappa shape index (κ2) is 5.73. The molecule has 1 N–H and O–H groups in total. The topological polar surface area (TPSA) is 43.4 Å². The van der Waals surface area contributed by atoms with Gasteiger partial charge < -0.3 is 14.8 Å². The van der Waals surface area contributed by atoms with Crippen molar-refractivity contribution >= 4 is 0 Å². The van der Waals surface area contributed by atoms with Gasteiger partial charge in [0.25, 0.3) is 0 Å². The number of nitrogens with one attached hydrogen (secondary N) is 1. The molecule has 0 bridgehead atoms. The van der Waals surface area contributed by atoms with Crippen LogP contribution < -0.4 is 5.32 Å². The molecule has 0 amide bonds. The third-order valence-corrected chi connectivity index (χ3v) is 3.62. The van der Waals surface area contributed by atoms with Crippen molar-refractivity contribution in [2.75, 3.05) is 27.4 Å². The molecule has 5 heteroatoms. The molecule has 0 aliphatic carbocycles. The lowest BCUT2D eigenvalue weighted by molar-refractivity contribution is -0.110. The number of hydrogen-bond donors (Lipinski definition) is 1. The van der Waals surface area contributed by atoms with Crippen LogP contribution in [0.25, 0.3) is 0 Å². The second-order valence-corrected chi connectivity index (χ2v) is 4.54. The first kappa shape index (κ1) is 13.4. The van der Waals surface area contributed by atoms with Crippen molar-refractivity contribution in [1.82, 2.24) is 10.3 Å². The van der Waals surface area contributed by atoms with E-state index in [1.807, 2.05) is 7.05 Å². The predicted octanol–water partition coefficient (Wildman–Crippen LogP) is 1.68. The van der Waals surface area contributed by atoms with Gasteiger partial charge in [0.1, 0.15) is 5.82 Å². The zero-order valence-corrected chi connectivity index (χ0v) is 10.8. The number of ether oxygens (including phenoxy) is 2. The van der Waals surface area contributed by atoms with Crippen molar-refractivity contribution < 1.29 is 13.9 Å². The molecule has 2 heterocycles. The summed E-state index contributed by atoms with van der Waals surface area (Å²) in [6.07, 6.45) is 4.46. The normalized spacial score (nSPS) is 20.6. The Labute approximate surface area is 107 Å². The molecular formula is C13H19FN2O2. The fourth-order valence-electron chi connectivity index (χ4n) is 2.65. The summed E-state index contributed by atoms with van der Waals surface area (Å²) in [4.78, 5) is 3.91. The van der Waals surface area contributed by atoms with Crippen LogP contribution in [0.15, 0.2) is 18.5 Å². The van der Waals surface area contributed by atoms with Crippen molar-refractivity contribution in [2.45, 2.75) is 24.5 Å². The lowest BCUT2D eigenvalue weighted by Crippen LogP contribution is -2.48. The molecule has 1 fully saturated rings. The van der Waals surface area contributed by atoms with Gasteiger partial charge in [0.15, 0.2) is 0 Å². The smallest absolute Gasteiger partial charge is 0.141 e. The van der Waals surface area contributed by atoms with Gasteiger partial charge in [-0.3, -0.25) is 4.98 Å². The third-order valence-electron chi connectivity index (χ3n) is 3.62. The molecule has 0 radical (unpaired) electrons. The highest BCUT2D eigenvalue weighted by atomic mass is 19.1. The van der Waals surface area contributed by atoms with Crippen molar-refractivity contribution in [1.29, 1.82) is 0 Å². The Bertz CT molecular complexity index is 394. The quantitative estimate of drug-likeness (QED) is 0.887. The van der Waals surface area contributed by atoms with Crippen LogP contribution in [-0.2, 0) is 9.47 Å². The van der Waals surface area contributed by atoms with Gasteiger partial charge in [0.2, 0.25) is 0 Å². The third kappa shape index (κ3) is 2.53. The average Bonchev–Trinajstić information content (AvgIpc) is 2.41. The molecule has 4 nitrogen and oxygen atoms in total. The highest BCUT2D eigenvalue weighted by Gasteiger charge is 2.41. The first-order valence-electron chi connectivity index (χ1n) is 6.12. The van der Waals surface area contributed by atoms with Gasteiger partial charge in [-0.15, -0.1) is 0 Å². The number of nitrogens with zero attached hydrogens (tertiary/aromatic N) is 1. The first-order chi connectivity index (χ1) is 8.72. The summed E-state index contributed by atoms with van der Waals surface area (Å²) < 4.78 is 24.4. The van der Waals surface area contributed by atoms with Crippen LogP contribution in [0.4, 0.5) is 4.39 Å². The van der Waals surface area contributed by atoms with Crippen LogP contribution in [0, 0.1) is 5.82 Å². The van der Waals surface area contributed by atoms with Gasteiger partial charge in [-0.25, -0.2) is 4.39 Å². The summed E-state index contributed by atoms with van der Waals surface area (Å²) in [5.41, 5.74) is 0.448. The van der Waals surface area contributed by atoms with Crippen LogP contribution in [0.3, 0.4) is 0 Å². The Morgan fingerprint density at radius 1 is 1.44 bits per heavy atom. The van der Waals surface area contributed by atoms with Crippen LogP contribution in [0.1, 0.15) is 24.4 Å². The molecule has 0 spiro atoms. The van der Waals surface area contributed by atoms with Gasteiger partial charge >= 0.3 is 0 Å². The lowest BCUT2D eigenvalue weighted by atomic mass is 9.82. The fraction of sp³-hybridized carbons (Fsp3) is 0.615. The minimum absolute atomic E-state index is 0.0883. The first-order valence-corrected chi connectivity index (χ1v) is 6.12. The van der Waals surface area contributed by atoms with E-state index in [4.69, 9.17) is 9.47 Å². The average molecular weight is 254 g/mol. The number of rotatable bonds is 4. The lowest BCUT2D eigenvalue weighted by Gasteiger charge is -2.42. The summed E-state index contributed by atoms with van der Waals surface area (Å²) in [6, 6.07) is 1.42. The zero-order valence-electron chi connectivity index (χ0n) is 10.8. The molecule has 1 atom stereocenters. The van der Waals surface area contributed by atoms with E-state index in [2.05, 4.69) is 10.3 Å². The highest BCUT2D eigenvalue weighted by Crippen LogP contribution is 2.36. The molecular weight excluding hydrogens is 235 g/mol. The van der Waals surface area contributed by atoms with Crippen molar-refractivity contribution in [3.63, 3.8) is 0 Å². The molecule has 0 aromatic carbocycles. The molecule has 1 aromatic heterocycles. The maximum atomic E-state index is 13.3. The fourth-order valence-corrected chi connectivity index (χ4v) is 2.65. The molecule has 0 saturated carbocycles. The molecule has 1 aliphatic heterocycles. The summed E-state index contributed by atoms with van der Waals surface area (Å²) in [5, 5.41) is 3.22. The summed E-state index contributed by atoms with van der Waals surface area (Å²) in [7, 11) is 3.55. The molecule has 1 aliphatic rings. The maximum Gasteiger partial charge on any atom is 0.141 e. The predicted molar refractivity (Wildman–Crippen MR) is 65.8 cm³/mol. The number of likely N-dealkylation sites (N-methyl/N-ethyl adjacent to an activating group) is 1. The SMILES string of the molecule is CNC(c1cncc(F)c1)C1(OC)CCOCC1. The van der Waals surface area contributed by atoms with Crippen molar-refractivity contribution in [3.05, 3.63) is 29.8 Å². The van der Waals surface area contributed by atoms with Gasteiger partial charge in [-0.2, -0.15) is 0 Å². The minimum Gasteiger partial charge on any atom is -0.381 e. The molecule has 100 valence electrons. The maximum absolute atomic E-state index is 13.3. The van der Waals surface area contributed by atoms with E-state index in [0.29, 0.717) is 13.2 Å².